The van der Waals surface area contributed by atoms with Crippen molar-refractivity contribution in [3.05, 3.63) is 44.4 Å². The Morgan fingerprint density at radius 3 is 2.80 bits per heavy atom. The Balaban J connectivity index is 1.44. The molecule has 2 aromatic heterocycles. The molecule has 30 heavy (non-hydrogen) atoms. The van der Waals surface area contributed by atoms with Gasteiger partial charge in [0.2, 0.25) is 0 Å². The monoisotopic (exact) mass is 468 g/mol. The highest BCUT2D eigenvalue weighted by atomic mass is 35.5. The zero-order chi connectivity index (χ0) is 21.3. The Labute approximate surface area is 185 Å². The summed E-state index contributed by atoms with van der Waals surface area (Å²) >= 11 is 13.5. The molecule has 0 aliphatic carbocycles. The molecule has 158 valence electrons. The molecule has 0 amide bonds. The molecular formula is C19H18Cl2N4O4S. The molecule has 0 saturated carbocycles. The Bertz CT molecular complexity index is 1140. The van der Waals surface area contributed by atoms with Crippen LogP contribution in [0.15, 0.2) is 23.0 Å². The van der Waals surface area contributed by atoms with Crippen LogP contribution in [-0.4, -0.2) is 45.2 Å². The third-order valence-electron chi connectivity index (χ3n) is 4.78. The first-order valence-corrected chi connectivity index (χ1v) is 10.9. The summed E-state index contributed by atoms with van der Waals surface area (Å²) in [6.07, 6.45) is 1.60. The molecule has 1 aliphatic rings. The summed E-state index contributed by atoms with van der Waals surface area (Å²) in [6, 6.07) is 5.14. The topological polar surface area (TPSA) is 108 Å². The molecule has 0 unspecified atom stereocenters. The third kappa shape index (κ3) is 4.69. The van der Waals surface area contributed by atoms with Crippen LogP contribution in [0.1, 0.15) is 25.1 Å². The van der Waals surface area contributed by atoms with Crippen molar-refractivity contribution in [3.63, 3.8) is 0 Å². The molecule has 0 bridgehead atoms. The SMILES string of the molecule is O=C(O)CCc1nc2nc(N3CCC(Oc4cc(Cl)ccc4Cl)CC3)sc2c(=O)[nH]1. The molecule has 1 aromatic carbocycles. The number of carbonyl (C=O) groups is 1. The van der Waals surface area contributed by atoms with Gasteiger partial charge in [-0.05, 0) is 12.1 Å². The van der Waals surface area contributed by atoms with Crippen molar-refractivity contribution in [3.8, 4) is 5.75 Å². The van der Waals surface area contributed by atoms with Gasteiger partial charge in [0, 0.05) is 43.4 Å². The van der Waals surface area contributed by atoms with Crippen molar-refractivity contribution < 1.29 is 14.6 Å². The summed E-state index contributed by atoms with van der Waals surface area (Å²) in [5.41, 5.74) is 0.0566. The van der Waals surface area contributed by atoms with Gasteiger partial charge in [0.25, 0.3) is 5.56 Å². The first-order chi connectivity index (χ1) is 14.4. The van der Waals surface area contributed by atoms with Gasteiger partial charge in [-0.3, -0.25) is 9.59 Å². The molecule has 3 heterocycles. The first-order valence-electron chi connectivity index (χ1n) is 9.37. The number of aliphatic carboxylic acids is 1. The van der Waals surface area contributed by atoms with Crippen LogP contribution in [0.4, 0.5) is 5.13 Å². The molecule has 0 radical (unpaired) electrons. The van der Waals surface area contributed by atoms with Crippen LogP contribution in [0.5, 0.6) is 5.75 Å². The van der Waals surface area contributed by atoms with E-state index in [1.165, 1.54) is 11.3 Å². The Hall–Kier alpha value is -2.36. The number of carboxylic acid groups (broad SMARTS) is 1. The second kappa shape index (κ2) is 8.79. The Morgan fingerprint density at radius 1 is 1.30 bits per heavy atom. The maximum Gasteiger partial charge on any atom is 0.303 e. The number of thiazole rings is 1. The molecular weight excluding hydrogens is 451 g/mol. The summed E-state index contributed by atoms with van der Waals surface area (Å²) in [7, 11) is 0. The minimum absolute atomic E-state index is 0.00995. The van der Waals surface area contributed by atoms with Gasteiger partial charge in [0.15, 0.2) is 10.8 Å². The van der Waals surface area contributed by atoms with E-state index >= 15 is 0 Å². The van der Waals surface area contributed by atoms with Gasteiger partial charge >= 0.3 is 5.97 Å². The number of aryl methyl sites for hydroxylation is 1. The lowest BCUT2D eigenvalue weighted by molar-refractivity contribution is -0.137. The van der Waals surface area contributed by atoms with Gasteiger partial charge in [-0.25, -0.2) is 4.98 Å². The number of halogens is 2. The molecule has 1 saturated heterocycles. The number of ether oxygens (including phenoxy) is 1. The standard InChI is InChI=1S/C19H18Cl2N4O4S/c20-10-1-2-12(21)13(9-10)29-11-5-7-25(8-6-11)19-24-17-16(30-19)18(28)23-14(22-17)3-4-15(26)27/h1-2,9,11H,3-8H2,(H,26,27)(H,22,23,28). The Morgan fingerprint density at radius 2 is 2.07 bits per heavy atom. The number of hydrogen-bond acceptors (Lipinski definition) is 7. The molecule has 1 aliphatic heterocycles. The summed E-state index contributed by atoms with van der Waals surface area (Å²) < 4.78 is 6.45. The normalized spacial score (nSPS) is 14.9. The van der Waals surface area contributed by atoms with Gasteiger partial charge in [-0.15, -0.1) is 0 Å². The number of aromatic amines is 1. The van der Waals surface area contributed by atoms with Crippen molar-refractivity contribution in [1.29, 1.82) is 0 Å². The van der Waals surface area contributed by atoms with E-state index in [4.69, 9.17) is 33.0 Å². The highest BCUT2D eigenvalue weighted by Gasteiger charge is 2.24. The van der Waals surface area contributed by atoms with E-state index in [-0.39, 0.29) is 24.5 Å². The number of fused-ring (bicyclic) bond motifs is 1. The molecule has 11 heteroatoms. The minimum Gasteiger partial charge on any atom is -0.489 e. The highest BCUT2D eigenvalue weighted by molar-refractivity contribution is 7.22. The average molecular weight is 469 g/mol. The van der Waals surface area contributed by atoms with Crippen molar-refractivity contribution in [2.24, 2.45) is 0 Å². The van der Waals surface area contributed by atoms with Crippen molar-refractivity contribution in [2.45, 2.75) is 31.8 Å². The molecule has 4 rings (SSSR count). The lowest BCUT2D eigenvalue weighted by Gasteiger charge is -2.32. The van der Waals surface area contributed by atoms with Gasteiger partial charge < -0.3 is 19.7 Å². The van der Waals surface area contributed by atoms with Crippen LogP contribution in [0.3, 0.4) is 0 Å². The number of hydrogen-bond donors (Lipinski definition) is 2. The van der Waals surface area contributed by atoms with E-state index in [1.807, 2.05) is 0 Å². The summed E-state index contributed by atoms with van der Waals surface area (Å²) in [6.45, 7) is 1.43. The lowest BCUT2D eigenvalue weighted by atomic mass is 10.1. The maximum atomic E-state index is 12.3. The number of H-pyrrole nitrogens is 1. The van der Waals surface area contributed by atoms with E-state index < -0.39 is 5.97 Å². The molecule has 0 atom stereocenters. The molecule has 2 N–H and O–H groups in total. The van der Waals surface area contributed by atoms with E-state index in [1.54, 1.807) is 18.2 Å². The van der Waals surface area contributed by atoms with Crippen molar-refractivity contribution in [1.82, 2.24) is 15.0 Å². The maximum absolute atomic E-state index is 12.3. The number of nitrogens with zero attached hydrogens (tertiary/aromatic N) is 3. The van der Waals surface area contributed by atoms with Gasteiger partial charge in [0.05, 0.1) is 11.4 Å². The molecule has 1 fully saturated rings. The number of carboxylic acids is 1. The number of piperidine rings is 1. The quantitative estimate of drug-likeness (QED) is 0.566. The third-order valence-corrected chi connectivity index (χ3v) is 6.43. The largest absolute Gasteiger partial charge is 0.489 e. The number of anilines is 1. The van der Waals surface area contributed by atoms with E-state index in [0.29, 0.717) is 45.1 Å². The smallest absolute Gasteiger partial charge is 0.303 e. The van der Waals surface area contributed by atoms with Crippen LogP contribution in [0.25, 0.3) is 10.3 Å². The van der Waals surface area contributed by atoms with Crippen LogP contribution < -0.4 is 15.2 Å². The predicted octanol–water partition coefficient (Wildman–Crippen LogP) is 3.75. The first kappa shape index (κ1) is 20.9. The van der Waals surface area contributed by atoms with E-state index in [0.717, 1.165) is 18.0 Å². The fourth-order valence-electron chi connectivity index (χ4n) is 3.26. The zero-order valence-corrected chi connectivity index (χ0v) is 18.1. The second-order valence-electron chi connectivity index (χ2n) is 6.93. The fourth-order valence-corrected chi connectivity index (χ4v) is 4.54. The van der Waals surface area contributed by atoms with E-state index in [2.05, 4.69) is 19.9 Å². The van der Waals surface area contributed by atoms with Crippen molar-refractivity contribution in [2.75, 3.05) is 18.0 Å². The number of nitrogens with one attached hydrogen (secondary N) is 1. The summed E-state index contributed by atoms with van der Waals surface area (Å²) in [4.78, 5) is 36.6. The number of rotatable bonds is 6. The lowest BCUT2D eigenvalue weighted by Crippen LogP contribution is -2.38. The molecule has 8 nitrogen and oxygen atoms in total. The number of aromatic nitrogens is 3. The van der Waals surface area contributed by atoms with Crippen LogP contribution in [0, 0.1) is 0 Å². The minimum atomic E-state index is -0.944. The van der Waals surface area contributed by atoms with Crippen LogP contribution in [0.2, 0.25) is 10.0 Å². The Kier molecular flexibility index (Phi) is 6.12. The van der Waals surface area contributed by atoms with E-state index in [9.17, 15) is 9.59 Å². The van der Waals surface area contributed by atoms with Gasteiger partial charge in [-0.2, -0.15) is 4.98 Å². The zero-order valence-electron chi connectivity index (χ0n) is 15.7. The van der Waals surface area contributed by atoms with Crippen LogP contribution >= 0.6 is 34.5 Å². The fraction of sp³-hybridized carbons (Fsp3) is 0.368. The summed E-state index contributed by atoms with van der Waals surface area (Å²) in [5, 5.41) is 10.6. The van der Waals surface area contributed by atoms with Gasteiger partial charge in [-0.1, -0.05) is 34.5 Å². The van der Waals surface area contributed by atoms with Crippen molar-refractivity contribution >= 4 is 56.0 Å². The molecule has 0 spiro atoms. The average Bonchev–Trinajstić information content (AvgIpc) is 3.14. The molecule has 3 aromatic rings. The van der Waals surface area contributed by atoms with Gasteiger partial charge in [0.1, 0.15) is 22.4 Å². The van der Waals surface area contributed by atoms with Crippen LogP contribution in [-0.2, 0) is 11.2 Å². The predicted molar refractivity (Wildman–Crippen MR) is 116 cm³/mol. The second-order valence-corrected chi connectivity index (χ2v) is 8.76. The highest BCUT2D eigenvalue weighted by Crippen LogP contribution is 2.32. The summed E-state index contributed by atoms with van der Waals surface area (Å²) in [5.74, 6) is -0.0367. The number of benzene rings is 1.